The standard InChI is InChI=1S/C17H18N2O4S/c1-11(19-17(21)15-3-2-8-24-15)16(20)18-7-6-12-4-5-13-14(9-12)23-10-22-13/h2-5,8-9,11H,6-7,10H2,1H3,(H,18,20)(H,19,21). The number of hydrogen-bond acceptors (Lipinski definition) is 5. The molecule has 1 aromatic carbocycles. The number of thiophene rings is 1. The third kappa shape index (κ3) is 3.86. The summed E-state index contributed by atoms with van der Waals surface area (Å²) in [5.74, 6) is 1.03. The minimum absolute atomic E-state index is 0.208. The highest BCUT2D eigenvalue weighted by Gasteiger charge is 2.17. The molecule has 2 heterocycles. The lowest BCUT2D eigenvalue weighted by Gasteiger charge is -2.13. The number of benzene rings is 1. The Balaban J connectivity index is 1.44. The van der Waals surface area contributed by atoms with E-state index in [1.807, 2.05) is 23.6 Å². The first kappa shape index (κ1) is 16.3. The molecule has 0 aliphatic carbocycles. The Hall–Kier alpha value is -2.54. The average Bonchev–Trinajstić information content (AvgIpc) is 3.25. The van der Waals surface area contributed by atoms with Gasteiger partial charge < -0.3 is 20.1 Å². The fourth-order valence-electron chi connectivity index (χ4n) is 2.32. The monoisotopic (exact) mass is 346 g/mol. The smallest absolute Gasteiger partial charge is 0.261 e. The quantitative estimate of drug-likeness (QED) is 0.838. The van der Waals surface area contributed by atoms with Gasteiger partial charge in [0.15, 0.2) is 11.5 Å². The second-order valence-corrected chi connectivity index (χ2v) is 6.35. The van der Waals surface area contributed by atoms with Crippen molar-refractivity contribution in [2.24, 2.45) is 0 Å². The first-order chi connectivity index (χ1) is 11.6. The van der Waals surface area contributed by atoms with Gasteiger partial charge in [0.1, 0.15) is 6.04 Å². The number of carbonyl (C=O) groups is 2. The Bertz CT molecular complexity index is 730. The first-order valence-electron chi connectivity index (χ1n) is 7.64. The van der Waals surface area contributed by atoms with Crippen LogP contribution in [0.4, 0.5) is 0 Å². The van der Waals surface area contributed by atoms with Gasteiger partial charge >= 0.3 is 0 Å². The molecule has 1 aliphatic heterocycles. The number of ether oxygens (including phenoxy) is 2. The van der Waals surface area contributed by atoms with Crippen LogP contribution in [0, 0.1) is 0 Å². The van der Waals surface area contributed by atoms with Gasteiger partial charge in [0.25, 0.3) is 5.91 Å². The maximum atomic E-state index is 12.1. The highest BCUT2D eigenvalue weighted by molar-refractivity contribution is 7.12. The van der Waals surface area contributed by atoms with Crippen molar-refractivity contribution in [2.45, 2.75) is 19.4 Å². The largest absolute Gasteiger partial charge is 0.454 e. The molecule has 0 spiro atoms. The number of amides is 2. The van der Waals surface area contributed by atoms with Crippen molar-refractivity contribution < 1.29 is 19.1 Å². The molecular formula is C17H18N2O4S. The van der Waals surface area contributed by atoms with E-state index in [0.29, 0.717) is 17.8 Å². The molecule has 7 heteroatoms. The van der Waals surface area contributed by atoms with Gasteiger partial charge in [0.2, 0.25) is 12.7 Å². The summed E-state index contributed by atoms with van der Waals surface area (Å²) in [6.45, 7) is 2.40. The molecule has 24 heavy (non-hydrogen) atoms. The topological polar surface area (TPSA) is 76.7 Å². The predicted molar refractivity (Wildman–Crippen MR) is 90.5 cm³/mol. The molecule has 6 nitrogen and oxygen atoms in total. The van der Waals surface area contributed by atoms with Gasteiger partial charge in [-0.3, -0.25) is 9.59 Å². The zero-order chi connectivity index (χ0) is 16.9. The highest BCUT2D eigenvalue weighted by atomic mass is 32.1. The van der Waals surface area contributed by atoms with Crippen LogP contribution < -0.4 is 20.1 Å². The van der Waals surface area contributed by atoms with Crippen LogP contribution >= 0.6 is 11.3 Å². The number of carbonyl (C=O) groups excluding carboxylic acids is 2. The first-order valence-corrected chi connectivity index (χ1v) is 8.52. The van der Waals surface area contributed by atoms with E-state index in [2.05, 4.69) is 10.6 Å². The van der Waals surface area contributed by atoms with E-state index in [1.165, 1.54) is 11.3 Å². The highest BCUT2D eigenvalue weighted by Crippen LogP contribution is 2.32. The van der Waals surface area contributed by atoms with Crippen LogP contribution in [-0.4, -0.2) is 31.2 Å². The van der Waals surface area contributed by atoms with Crippen molar-refractivity contribution in [2.75, 3.05) is 13.3 Å². The third-order valence-corrected chi connectivity index (χ3v) is 4.50. The molecule has 0 radical (unpaired) electrons. The van der Waals surface area contributed by atoms with Gasteiger partial charge in [-0.2, -0.15) is 0 Å². The number of fused-ring (bicyclic) bond motifs is 1. The Labute approximate surface area is 143 Å². The lowest BCUT2D eigenvalue weighted by Crippen LogP contribution is -2.45. The minimum Gasteiger partial charge on any atom is -0.454 e. The van der Waals surface area contributed by atoms with Crippen molar-refractivity contribution in [1.82, 2.24) is 10.6 Å². The molecule has 2 aromatic rings. The molecule has 1 aromatic heterocycles. The Morgan fingerprint density at radius 3 is 2.88 bits per heavy atom. The maximum absolute atomic E-state index is 12.1. The summed E-state index contributed by atoms with van der Waals surface area (Å²) < 4.78 is 10.6. The summed E-state index contributed by atoms with van der Waals surface area (Å²) in [5, 5.41) is 7.34. The van der Waals surface area contributed by atoms with Crippen LogP contribution in [0.25, 0.3) is 0 Å². The molecule has 0 saturated heterocycles. The molecule has 1 atom stereocenters. The van der Waals surface area contributed by atoms with Crippen LogP contribution in [0.15, 0.2) is 35.7 Å². The van der Waals surface area contributed by atoms with E-state index in [4.69, 9.17) is 9.47 Å². The molecule has 2 N–H and O–H groups in total. The van der Waals surface area contributed by atoms with Gasteiger partial charge in [-0.05, 0) is 42.5 Å². The Kier molecular flexibility index (Phi) is 5.00. The molecule has 0 saturated carbocycles. The van der Waals surface area contributed by atoms with Crippen molar-refractivity contribution in [3.8, 4) is 11.5 Å². The summed E-state index contributed by atoms with van der Waals surface area (Å²) in [4.78, 5) is 24.6. The third-order valence-electron chi connectivity index (χ3n) is 3.64. The summed E-state index contributed by atoms with van der Waals surface area (Å²) >= 11 is 1.34. The number of rotatable bonds is 6. The Morgan fingerprint density at radius 2 is 2.08 bits per heavy atom. The zero-order valence-electron chi connectivity index (χ0n) is 13.2. The zero-order valence-corrected chi connectivity index (χ0v) is 14.0. The molecule has 1 unspecified atom stereocenters. The van der Waals surface area contributed by atoms with Gasteiger partial charge in [-0.1, -0.05) is 12.1 Å². The van der Waals surface area contributed by atoms with Crippen molar-refractivity contribution in [3.63, 3.8) is 0 Å². The predicted octanol–water partition coefficient (Wildman–Crippen LogP) is 1.95. The lowest BCUT2D eigenvalue weighted by molar-refractivity contribution is -0.122. The van der Waals surface area contributed by atoms with Crippen LogP contribution in [0.1, 0.15) is 22.2 Å². The second kappa shape index (κ2) is 7.35. The second-order valence-electron chi connectivity index (χ2n) is 5.40. The van der Waals surface area contributed by atoms with E-state index < -0.39 is 6.04 Å². The molecule has 126 valence electrons. The van der Waals surface area contributed by atoms with Gasteiger partial charge in [0.05, 0.1) is 4.88 Å². The molecule has 1 aliphatic rings. The van der Waals surface area contributed by atoms with Crippen molar-refractivity contribution in [3.05, 3.63) is 46.2 Å². The summed E-state index contributed by atoms with van der Waals surface area (Å²) in [7, 11) is 0. The van der Waals surface area contributed by atoms with E-state index in [1.54, 1.807) is 19.1 Å². The fourth-order valence-corrected chi connectivity index (χ4v) is 2.95. The van der Waals surface area contributed by atoms with Gasteiger partial charge in [0, 0.05) is 6.54 Å². The van der Waals surface area contributed by atoms with Gasteiger partial charge in [-0.15, -0.1) is 11.3 Å². The minimum atomic E-state index is -0.587. The van der Waals surface area contributed by atoms with Crippen LogP contribution in [-0.2, 0) is 11.2 Å². The lowest BCUT2D eigenvalue weighted by atomic mass is 10.1. The van der Waals surface area contributed by atoms with E-state index in [-0.39, 0.29) is 18.6 Å². The molecule has 0 fully saturated rings. The van der Waals surface area contributed by atoms with E-state index >= 15 is 0 Å². The van der Waals surface area contributed by atoms with Crippen molar-refractivity contribution >= 4 is 23.2 Å². The normalized spacial score (nSPS) is 13.4. The van der Waals surface area contributed by atoms with Crippen LogP contribution in [0.2, 0.25) is 0 Å². The molecule has 2 amide bonds. The molecule has 0 bridgehead atoms. The van der Waals surface area contributed by atoms with Crippen molar-refractivity contribution in [1.29, 1.82) is 0 Å². The fraction of sp³-hybridized carbons (Fsp3) is 0.294. The van der Waals surface area contributed by atoms with E-state index in [0.717, 1.165) is 17.1 Å². The van der Waals surface area contributed by atoms with Gasteiger partial charge in [-0.25, -0.2) is 0 Å². The van der Waals surface area contributed by atoms with E-state index in [9.17, 15) is 9.59 Å². The molecule has 3 rings (SSSR count). The summed E-state index contributed by atoms with van der Waals surface area (Å²) in [5.41, 5.74) is 1.05. The Morgan fingerprint density at radius 1 is 1.25 bits per heavy atom. The summed E-state index contributed by atoms with van der Waals surface area (Å²) in [6.07, 6.45) is 0.675. The van der Waals surface area contributed by atoms with Crippen LogP contribution in [0.3, 0.4) is 0 Å². The SMILES string of the molecule is CC(NC(=O)c1cccs1)C(=O)NCCc1ccc2c(c1)OCO2. The summed E-state index contributed by atoms with van der Waals surface area (Å²) in [6, 6.07) is 8.66. The molecular weight excluding hydrogens is 328 g/mol. The number of hydrogen-bond donors (Lipinski definition) is 2. The average molecular weight is 346 g/mol. The van der Waals surface area contributed by atoms with Crippen LogP contribution in [0.5, 0.6) is 11.5 Å². The number of nitrogens with one attached hydrogen (secondary N) is 2. The maximum Gasteiger partial charge on any atom is 0.261 e.